The molecule has 1 aromatic carbocycles. The largest absolute Gasteiger partial charge is 0.364 e. The van der Waals surface area contributed by atoms with Crippen LogP contribution in [-0.2, 0) is 0 Å². The summed E-state index contributed by atoms with van der Waals surface area (Å²) in [5.74, 6) is -0.485. The number of primary amides is 1. The molecule has 0 aliphatic carbocycles. The molecule has 0 aliphatic rings. The zero-order valence-electron chi connectivity index (χ0n) is 9.64. The number of fused-ring (bicyclic) bond motifs is 3. The van der Waals surface area contributed by atoms with E-state index in [0.717, 1.165) is 10.8 Å². The summed E-state index contributed by atoms with van der Waals surface area (Å²) >= 11 is 6.14. The number of aromatic nitrogens is 2. The molecule has 0 fully saturated rings. The minimum Gasteiger partial charge on any atom is -0.364 e. The number of aryl methyl sites for hydroxylation is 1. The number of halogens is 1. The van der Waals surface area contributed by atoms with Gasteiger partial charge in [0.15, 0.2) is 0 Å². The number of amides is 1. The van der Waals surface area contributed by atoms with Crippen LogP contribution in [0.4, 0.5) is 0 Å². The Hall–Kier alpha value is -2.07. The number of nitrogens with two attached hydrogens (primary N) is 1. The van der Waals surface area contributed by atoms with Gasteiger partial charge in [0.05, 0.1) is 5.69 Å². The SMILES string of the molecule is Cc1nc2c3cccc(Cl)c3ccn2c1C(N)=O. The van der Waals surface area contributed by atoms with Gasteiger partial charge >= 0.3 is 0 Å². The van der Waals surface area contributed by atoms with Crippen molar-refractivity contribution < 1.29 is 4.79 Å². The Bertz CT molecular complexity index is 792. The van der Waals surface area contributed by atoms with E-state index in [0.29, 0.717) is 22.1 Å². The minimum absolute atomic E-state index is 0.409. The molecule has 0 atom stereocenters. The summed E-state index contributed by atoms with van der Waals surface area (Å²) in [6.45, 7) is 1.77. The van der Waals surface area contributed by atoms with Crippen molar-refractivity contribution in [1.82, 2.24) is 9.38 Å². The van der Waals surface area contributed by atoms with Gasteiger partial charge < -0.3 is 5.73 Å². The highest BCUT2D eigenvalue weighted by Gasteiger charge is 2.15. The number of carbonyl (C=O) groups excluding carboxylic acids is 1. The van der Waals surface area contributed by atoms with Crippen LogP contribution in [0, 0.1) is 6.92 Å². The van der Waals surface area contributed by atoms with E-state index in [-0.39, 0.29) is 0 Å². The van der Waals surface area contributed by atoms with E-state index in [2.05, 4.69) is 4.98 Å². The highest BCUT2D eigenvalue weighted by atomic mass is 35.5. The Morgan fingerprint density at radius 2 is 2.11 bits per heavy atom. The summed E-state index contributed by atoms with van der Waals surface area (Å²) in [6, 6.07) is 7.47. The third kappa shape index (κ3) is 1.39. The smallest absolute Gasteiger partial charge is 0.267 e. The molecule has 0 saturated carbocycles. The van der Waals surface area contributed by atoms with Crippen molar-refractivity contribution in [2.45, 2.75) is 6.92 Å². The average Bonchev–Trinajstić information content (AvgIpc) is 2.66. The van der Waals surface area contributed by atoms with Crippen LogP contribution in [0.15, 0.2) is 30.5 Å². The van der Waals surface area contributed by atoms with E-state index in [9.17, 15) is 4.79 Å². The fourth-order valence-corrected chi connectivity index (χ4v) is 2.47. The van der Waals surface area contributed by atoms with Crippen LogP contribution in [0.1, 0.15) is 16.2 Å². The molecule has 0 spiro atoms. The molecule has 3 rings (SSSR count). The molecule has 5 heteroatoms. The third-order valence-electron chi connectivity index (χ3n) is 3.00. The van der Waals surface area contributed by atoms with Crippen LogP contribution < -0.4 is 5.73 Å². The molecule has 3 aromatic rings. The maximum absolute atomic E-state index is 11.4. The first-order chi connectivity index (χ1) is 8.59. The van der Waals surface area contributed by atoms with E-state index < -0.39 is 5.91 Å². The first kappa shape index (κ1) is 11.0. The predicted octanol–water partition coefficient (Wildman–Crippen LogP) is 2.55. The normalized spacial score (nSPS) is 11.2. The highest BCUT2D eigenvalue weighted by molar-refractivity contribution is 6.35. The molecule has 4 nitrogen and oxygen atoms in total. The standard InChI is InChI=1S/C13H10ClN3O/c1-7-11(12(15)18)17-6-5-8-9(13(17)16-7)3-2-4-10(8)14/h2-6H,1H3,(H2,15,18). The summed E-state index contributed by atoms with van der Waals surface area (Å²) in [6.07, 6.45) is 1.77. The molecule has 0 radical (unpaired) electrons. The van der Waals surface area contributed by atoms with Gasteiger partial charge in [0.25, 0.3) is 5.91 Å². The first-order valence-corrected chi connectivity index (χ1v) is 5.83. The molecule has 0 bridgehead atoms. The molecular formula is C13H10ClN3O. The number of carbonyl (C=O) groups is 1. The summed E-state index contributed by atoms with van der Waals surface area (Å²) in [5.41, 5.74) is 7.10. The Labute approximate surface area is 108 Å². The summed E-state index contributed by atoms with van der Waals surface area (Å²) in [7, 11) is 0. The van der Waals surface area contributed by atoms with Gasteiger partial charge in [-0.1, -0.05) is 23.7 Å². The number of hydrogen-bond donors (Lipinski definition) is 1. The van der Waals surface area contributed by atoms with Crippen LogP contribution in [-0.4, -0.2) is 15.3 Å². The number of pyridine rings is 1. The van der Waals surface area contributed by atoms with E-state index in [1.807, 2.05) is 24.3 Å². The van der Waals surface area contributed by atoms with Gasteiger partial charge in [0, 0.05) is 22.0 Å². The van der Waals surface area contributed by atoms with Gasteiger partial charge in [-0.3, -0.25) is 9.20 Å². The fraction of sp³-hybridized carbons (Fsp3) is 0.0769. The van der Waals surface area contributed by atoms with Crippen LogP contribution in [0.25, 0.3) is 16.4 Å². The topological polar surface area (TPSA) is 60.4 Å². The van der Waals surface area contributed by atoms with E-state index in [4.69, 9.17) is 17.3 Å². The zero-order chi connectivity index (χ0) is 12.9. The number of rotatable bonds is 1. The quantitative estimate of drug-likeness (QED) is 0.730. The van der Waals surface area contributed by atoms with E-state index in [1.54, 1.807) is 17.5 Å². The molecule has 0 unspecified atom stereocenters. The van der Waals surface area contributed by atoms with Crippen LogP contribution in [0.5, 0.6) is 0 Å². The van der Waals surface area contributed by atoms with Gasteiger partial charge in [-0.2, -0.15) is 0 Å². The maximum Gasteiger partial charge on any atom is 0.267 e. The second-order valence-electron chi connectivity index (χ2n) is 4.12. The average molecular weight is 260 g/mol. The Morgan fingerprint density at radius 1 is 1.33 bits per heavy atom. The zero-order valence-corrected chi connectivity index (χ0v) is 10.4. The summed E-state index contributed by atoms with van der Waals surface area (Å²) < 4.78 is 1.70. The number of hydrogen-bond acceptors (Lipinski definition) is 2. The third-order valence-corrected chi connectivity index (χ3v) is 3.33. The summed E-state index contributed by atoms with van der Waals surface area (Å²) in [5, 5.41) is 2.48. The molecule has 18 heavy (non-hydrogen) atoms. The molecule has 2 N–H and O–H groups in total. The van der Waals surface area contributed by atoms with Crippen molar-refractivity contribution in [2.75, 3.05) is 0 Å². The van der Waals surface area contributed by atoms with Gasteiger partial charge in [0.2, 0.25) is 0 Å². The van der Waals surface area contributed by atoms with Crippen molar-refractivity contribution >= 4 is 33.9 Å². The Balaban J connectivity index is 2.54. The molecule has 0 aliphatic heterocycles. The van der Waals surface area contributed by atoms with Crippen molar-refractivity contribution in [3.05, 3.63) is 46.9 Å². The van der Waals surface area contributed by atoms with E-state index >= 15 is 0 Å². The lowest BCUT2D eigenvalue weighted by Crippen LogP contribution is -2.15. The molecular weight excluding hydrogens is 250 g/mol. The van der Waals surface area contributed by atoms with Crippen molar-refractivity contribution in [2.24, 2.45) is 5.73 Å². The van der Waals surface area contributed by atoms with Gasteiger partial charge in [-0.05, 0) is 19.1 Å². The number of benzene rings is 1. The molecule has 2 heterocycles. The van der Waals surface area contributed by atoms with Gasteiger partial charge in [0.1, 0.15) is 11.3 Å². The van der Waals surface area contributed by atoms with Crippen LogP contribution in [0.2, 0.25) is 5.02 Å². The monoisotopic (exact) mass is 259 g/mol. The molecule has 2 aromatic heterocycles. The van der Waals surface area contributed by atoms with Crippen molar-refractivity contribution in [1.29, 1.82) is 0 Å². The Morgan fingerprint density at radius 3 is 2.83 bits per heavy atom. The number of nitrogens with zero attached hydrogens (tertiary/aromatic N) is 2. The van der Waals surface area contributed by atoms with Crippen LogP contribution >= 0.6 is 11.6 Å². The van der Waals surface area contributed by atoms with E-state index in [1.165, 1.54) is 0 Å². The lowest BCUT2D eigenvalue weighted by Gasteiger charge is -2.03. The maximum atomic E-state index is 11.4. The minimum atomic E-state index is -0.485. The number of imidazole rings is 1. The second kappa shape index (κ2) is 3.71. The van der Waals surface area contributed by atoms with Gasteiger partial charge in [-0.25, -0.2) is 4.98 Å². The molecule has 0 saturated heterocycles. The van der Waals surface area contributed by atoms with Crippen molar-refractivity contribution in [3.8, 4) is 0 Å². The lowest BCUT2D eigenvalue weighted by molar-refractivity contribution is 0.0994. The summed E-state index contributed by atoms with van der Waals surface area (Å²) in [4.78, 5) is 15.8. The second-order valence-corrected chi connectivity index (χ2v) is 4.53. The van der Waals surface area contributed by atoms with Crippen LogP contribution in [0.3, 0.4) is 0 Å². The molecule has 1 amide bonds. The predicted molar refractivity (Wildman–Crippen MR) is 71.0 cm³/mol. The molecule has 90 valence electrons. The highest BCUT2D eigenvalue weighted by Crippen LogP contribution is 2.27. The van der Waals surface area contributed by atoms with Crippen molar-refractivity contribution in [3.63, 3.8) is 0 Å². The fourth-order valence-electron chi connectivity index (χ4n) is 2.23. The first-order valence-electron chi connectivity index (χ1n) is 5.45. The Kier molecular flexibility index (Phi) is 2.28. The lowest BCUT2D eigenvalue weighted by atomic mass is 10.2. The van der Waals surface area contributed by atoms with Gasteiger partial charge in [-0.15, -0.1) is 0 Å².